The number of anilines is 1. The van der Waals surface area contributed by atoms with E-state index < -0.39 is 0 Å². The number of fused-ring (bicyclic) bond motifs is 1. The number of nitrogens with one attached hydrogen (secondary N) is 1. The molecule has 6 heteroatoms. The van der Waals surface area contributed by atoms with Crippen molar-refractivity contribution in [1.29, 1.82) is 0 Å². The van der Waals surface area contributed by atoms with Gasteiger partial charge in [0.1, 0.15) is 5.82 Å². The van der Waals surface area contributed by atoms with Crippen LogP contribution in [0.3, 0.4) is 0 Å². The lowest BCUT2D eigenvalue weighted by atomic mass is 10.2. The molecule has 1 aliphatic rings. The fraction of sp³-hybridized carbons (Fsp3) is 0.385. The second-order valence-corrected chi connectivity index (χ2v) is 5.37. The highest BCUT2D eigenvalue weighted by molar-refractivity contribution is 7.09. The summed E-state index contributed by atoms with van der Waals surface area (Å²) >= 11 is 1.39. The van der Waals surface area contributed by atoms with E-state index in [1.807, 2.05) is 18.2 Å². The topological polar surface area (TPSA) is 56.3 Å². The Labute approximate surface area is 115 Å². The SMILES string of the molecule is CC(C)c1nsc(NCc2cccc3c2OCO3)n1. The molecule has 0 spiro atoms. The maximum absolute atomic E-state index is 5.47. The van der Waals surface area contributed by atoms with Crippen LogP contribution in [0.4, 0.5) is 5.13 Å². The molecule has 2 aromatic rings. The second-order valence-electron chi connectivity index (χ2n) is 4.62. The minimum atomic E-state index is 0.294. The van der Waals surface area contributed by atoms with E-state index in [1.165, 1.54) is 11.5 Å². The molecule has 0 bridgehead atoms. The maximum Gasteiger partial charge on any atom is 0.231 e. The molecule has 0 atom stereocenters. The lowest BCUT2D eigenvalue weighted by molar-refractivity contribution is 0.173. The van der Waals surface area contributed by atoms with Gasteiger partial charge in [0.05, 0.1) is 0 Å². The third-order valence-electron chi connectivity index (χ3n) is 2.87. The predicted octanol–water partition coefficient (Wildman–Crippen LogP) is 3.00. The van der Waals surface area contributed by atoms with Gasteiger partial charge in [-0.15, -0.1) is 0 Å². The Hall–Kier alpha value is -1.82. The van der Waals surface area contributed by atoms with Gasteiger partial charge in [0.25, 0.3) is 0 Å². The Bertz CT molecular complexity index is 583. The minimum absolute atomic E-state index is 0.294. The molecule has 3 rings (SSSR count). The van der Waals surface area contributed by atoms with Gasteiger partial charge in [-0.1, -0.05) is 26.0 Å². The summed E-state index contributed by atoms with van der Waals surface area (Å²) in [7, 11) is 0. The molecule has 1 aromatic heterocycles. The van der Waals surface area contributed by atoms with Gasteiger partial charge < -0.3 is 14.8 Å². The summed E-state index contributed by atoms with van der Waals surface area (Å²) in [4.78, 5) is 4.44. The van der Waals surface area contributed by atoms with Crippen molar-refractivity contribution >= 4 is 16.7 Å². The molecule has 0 fully saturated rings. The van der Waals surface area contributed by atoms with Gasteiger partial charge in [-0.25, -0.2) is 4.98 Å². The molecule has 0 saturated carbocycles. The van der Waals surface area contributed by atoms with Crippen molar-refractivity contribution in [2.45, 2.75) is 26.3 Å². The quantitative estimate of drug-likeness (QED) is 0.931. The van der Waals surface area contributed by atoms with Crippen molar-refractivity contribution in [3.63, 3.8) is 0 Å². The molecule has 5 nitrogen and oxygen atoms in total. The standard InChI is InChI=1S/C13H15N3O2S/c1-8(2)12-15-13(19-16-12)14-6-9-4-3-5-10-11(9)18-7-17-10/h3-5,8H,6-7H2,1-2H3,(H,14,15,16). The molecule has 1 N–H and O–H groups in total. The zero-order valence-electron chi connectivity index (χ0n) is 10.8. The Morgan fingerprint density at radius 3 is 3.05 bits per heavy atom. The highest BCUT2D eigenvalue weighted by Gasteiger charge is 2.17. The summed E-state index contributed by atoms with van der Waals surface area (Å²) in [6.07, 6.45) is 0. The summed E-state index contributed by atoms with van der Waals surface area (Å²) in [5.41, 5.74) is 1.07. The van der Waals surface area contributed by atoms with Crippen molar-refractivity contribution in [2.24, 2.45) is 0 Å². The zero-order valence-corrected chi connectivity index (χ0v) is 11.7. The average Bonchev–Trinajstić information content (AvgIpc) is 3.05. The third-order valence-corrected chi connectivity index (χ3v) is 3.55. The molecule has 19 heavy (non-hydrogen) atoms. The van der Waals surface area contributed by atoms with Crippen LogP contribution in [0, 0.1) is 0 Å². The smallest absolute Gasteiger partial charge is 0.231 e. The van der Waals surface area contributed by atoms with Crippen molar-refractivity contribution in [2.75, 3.05) is 12.1 Å². The molecule has 0 saturated heterocycles. The van der Waals surface area contributed by atoms with Crippen molar-refractivity contribution < 1.29 is 9.47 Å². The van der Waals surface area contributed by atoms with Crippen LogP contribution in [-0.2, 0) is 6.54 Å². The first-order valence-electron chi connectivity index (χ1n) is 6.19. The fourth-order valence-corrected chi connectivity index (χ4v) is 2.54. The van der Waals surface area contributed by atoms with Crippen LogP contribution in [0.15, 0.2) is 18.2 Å². The van der Waals surface area contributed by atoms with Gasteiger partial charge in [-0.2, -0.15) is 4.37 Å². The van der Waals surface area contributed by atoms with E-state index >= 15 is 0 Å². The number of hydrogen-bond donors (Lipinski definition) is 1. The Morgan fingerprint density at radius 2 is 2.26 bits per heavy atom. The molecule has 100 valence electrons. The van der Waals surface area contributed by atoms with Crippen molar-refractivity contribution in [1.82, 2.24) is 9.36 Å². The van der Waals surface area contributed by atoms with E-state index in [-0.39, 0.29) is 0 Å². The van der Waals surface area contributed by atoms with Gasteiger partial charge in [-0.05, 0) is 6.07 Å². The largest absolute Gasteiger partial charge is 0.454 e. The first kappa shape index (κ1) is 12.2. The molecule has 0 aliphatic carbocycles. The Morgan fingerprint density at radius 1 is 1.37 bits per heavy atom. The summed E-state index contributed by atoms with van der Waals surface area (Å²) in [5.74, 6) is 2.86. The number of hydrogen-bond acceptors (Lipinski definition) is 6. The highest BCUT2D eigenvalue weighted by Crippen LogP contribution is 2.35. The maximum atomic E-state index is 5.47. The molecular formula is C13H15N3O2S. The lowest BCUT2D eigenvalue weighted by Crippen LogP contribution is -2.01. The number of benzene rings is 1. The van der Waals surface area contributed by atoms with Crippen LogP contribution in [0.2, 0.25) is 0 Å². The number of rotatable bonds is 4. The molecule has 1 aliphatic heterocycles. The van der Waals surface area contributed by atoms with Crippen molar-refractivity contribution in [3.05, 3.63) is 29.6 Å². The molecule has 0 unspecified atom stereocenters. The van der Waals surface area contributed by atoms with Gasteiger partial charge in [0.2, 0.25) is 11.9 Å². The molecule has 0 amide bonds. The normalized spacial score (nSPS) is 13.0. The first-order chi connectivity index (χ1) is 9.24. The molecule has 0 radical (unpaired) electrons. The number of ether oxygens (including phenoxy) is 2. The van der Waals surface area contributed by atoms with E-state index in [4.69, 9.17) is 9.47 Å². The van der Waals surface area contributed by atoms with Gasteiger partial charge in [-0.3, -0.25) is 0 Å². The zero-order chi connectivity index (χ0) is 13.2. The van der Waals surface area contributed by atoms with E-state index in [0.29, 0.717) is 19.3 Å². The Balaban J connectivity index is 1.71. The van der Waals surface area contributed by atoms with Crippen LogP contribution >= 0.6 is 11.5 Å². The van der Waals surface area contributed by atoms with Gasteiger partial charge in [0, 0.05) is 29.6 Å². The van der Waals surface area contributed by atoms with Gasteiger partial charge in [0.15, 0.2) is 11.5 Å². The van der Waals surface area contributed by atoms with Crippen LogP contribution < -0.4 is 14.8 Å². The Kier molecular flexibility index (Phi) is 3.25. The van der Waals surface area contributed by atoms with E-state index in [1.54, 1.807) is 0 Å². The number of para-hydroxylation sites is 1. The predicted molar refractivity (Wildman–Crippen MR) is 73.9 cm³/mol. The fourth-order valence-electron chi connectivity index (χ4n) is 1.84. The van der Waals surface area contributed by atoms with Crippen LogP contribution in [0.5, 0.6) is 11.5 Å². The summed E-state index contributed by atoms with van der Waals surface area (Å²) < 4.78 is 15.1. The summed E-state index contributed by atoms with van der Waals surface area (Å²) in [5, 5.41) is 4.11. The van der Waals surface area contributed by atoms with E-state index in [9.17, 15) is 0 Å². The van der Waals surface area contributed by atoms with Crippen LogP contribution in [0.25, 0.3) is 0 Å². The van der Waals surface area contributed by atoms with Crippen molar-refractivity contribution in [3.8, 4) is 11.5 Å². The second kappa shape index (κ2) is 5.05. The molecule has 1 aromatic carbocycles. The molecular weight excluding hydrogens is 262 g/mol. The first-order valence-corrected chi connectivity index (χ1v) is 6.96. The average molecular weight is 277 g/mol. The van der Waals surface area contributed by atoms with Crippen LogP contribution in [0.1, 0.15) is 31.2 Å². The van der Waals surface area contributed by atoms with E-state index in [2.05, 4.69) is 28.5 Å². The van der Waals surface area contributed by atoms with E-state index in [0.717, 1.165) is 28.0 Å². The number of aromatic nitrogens is 2. The lowest BCUT2D eigenvalue weighted by Gasteiger charge is -2.06. The monoisotopic (exact) mass is 277 g/mol. The van der Waals surface area contributed by atoms with Gasteiger partial charge >= 0.3 is 0 Å². The summed E-state index contributed by atoms with van der Waals surface area (Å²) in [6, 6.07) is 5.89. The van der Waals surface area contributed by atoms with Crippen LogP contribution in [-0.4, -0.2) is 16.2 Å². The summed E-state index contributed by atoms with van der Waals surface area (Å²) in [6.45, 7) is 5.12. The minimum Gasteiger partial charge on any atom is -0.454 e. The number of nitrogens with zero attached hydrogens (tertiary/aromatic N) is 2. The third kappa shape index (κ3) is 2.49. The molecule has 2 heterocycles. The highest BCUT2D eigenvalue weighted by atomic mass is 32.1.